The van der Waals surface area contributed by atoms with Gasteiger partial charge in [-0.15, -0.1) is 0 Å². The van der Waals surface area contributed by atoms with Crippen LogP contribution < -0.4 is 0 Å². The number of phenolic OH excluding ortho intramolecular Hbond substituents is 1. The van der Waals surface area contributed by atoms with Crippen molar-refractivity contribution in [3.63, 3.8) is 0 Å². The second-order valence-corrected chi connectivity index (χ2v) is 4.11. The van der Waals surface area contributed by atoms with Gasteiger partial charge < -0.3 is 5.11 Å². The van der Waals surface area contributed by atoms with Crippen molar-refractivity contribution in [3.05, 3.63) is 41.0 Å². The molecule has 0 aliphatic rings. The zero-order chi connectivity index (χ0) is 14.2. The van der Waals surface area contributed by atoms with Crippen molar-refractivity contribution in [2.75, 3.05) is 0 Å². The monoisotopic (exact) mass is 288 g/mol. The Morgan fingerprint density at radius 3 is 2.53 bits per heavy atom. The van der Waals surface area contributed by atoms with E-state index < -0.39 is 23.2 Å². The van der Waals surface area contributed by atoms with Crippen molar-refractivity contribution in [2.24, 2.45) is 0 Å². The zero-order valence-corrected chi connectivity index (χ0v) is 9.96. The van der Waals surface area contributed by atoms with Gasteiger partial charge in [-0.3, -0.25) is 10.1 Å². The van der Waals surface area contributed by atoms with Crippen molar-refractivity contribution >= 4 is 11.6 Å². The minimum Gasteiger partial charge on any atom is -0.504 e. The van der Waals surface area contributed by atoms with Gasteiger partial charge in [0.25, 0.3) is 0 Å². The molecule has 2 rings (SSSR count). The third kappa shape index (κ3) is 2.58. The van der Waals surface area contributed by atoms with Gasteiger partial charge in [0.05, 0.1) is 16.3 Å². The summed E-state index contributed by atoms with van der Waals surface area (Å²) in [6.45, 7) is 0. The fourth-order valence-corrected chi connectivity index (χ4v) is 1.77. The first kappa shape index (κ1) is 13.5. The number of benzene rings is 1. The van der Waals surface area contributed by atoms with Gasteiger partial charge in [0.15, 0.2) is 5.75 Å². The van der Waals surface area contributed by atoms with Crippen molar-refractivity contribution in [2.45, 2.75) is 6.18 Å². The first-order valence-electron chi connectivity index (χ1n) is 5.03. The average Bonchev–Trinajstić information content (AvgIpc) is 2.32. The van der Waals surface area contributed by atoms with E-state index >= 15 is 0 Å². The van der Waals surface area contributed by atoms with Crippen molar-refractivity contribution < 1.29 is 23.4 Å². The van der Waals surface area contributed by atoms with E-state index in [1.807, 2.05) is 0 Å². The smallest absolute Gasteiger partial charge is 0.417 e. The number of halogens is 4. The highest BCUT2D eigenvalue weighted by molar-refractivity contribution is 6.33. The fraction of sp³-hybridized carbons (Fsp3) is 0.0833. The molecule has 99 valence electrons. The maximum absolute atomic E-state index is 12.4. The number of alkyl halides is 3. The van der Waals surface area contributed by atoms with Crippen molar-refractivity contribution in [3.8, 4) is 22.8 Å². The lowest BCUT2D eigenvalue weighted by molar-refractivity contribution is -0.137. The van der Waals surface area contributed by atoms with Gasteiger partial charge in [-0.05, 0) is 18.2 Å². The molecular weight excluding hydrogens is 283 g/mol. The first-order valence-corrected chi connectivity index (χ1v) is 5.40. The lowest BCUT2D eigenvalue weighted by atomic mass is 10.1. The second kappa shape index (κ2) is 4.62. The molecule has 0 fully saturated rings. The molecule has 3 nitrogen and oxygen atoms in total. The topological polar surface area (TPSA) is 53.0 Å². The van der Waals surface area contributed by atoms with Crippen LogP contribution >= 0.6 is 11.6 Å². The van der Waals surface area contributed by atoms with Crippen LogP contribution in [0, 0.1) is 0 Å². The van der Waals surface area contributed by atoms with Crippen molar-refractivity contribution in [1.29, 1.82) is 0 Å². The minimum atomic E-state index is -4.56. The predicted molar refractivity (Wildman–Crippen MR) is 61.5 cm³/mol. The molecule has 0 aliphatic heterocycles. The number of pyridine rings is 1. The van der Waals surface area contributed by atoms with Crippen LogP contribution in [0.1, 0.15) is 5.56 Å². The molecule has 2 aromatic rings. The summed E-state index contributed by atoms with van der Waals surface area (Å²) in [4.78, 5) is 3.57. The number of nitrogens with zero attached hydrogens (tertiary/aromatic N) is 1. The van der Waals surface area contributed by atoms with Crippen LogP contribution in [-0.4, -0.2) is 10.1 Å². The summed E-state index contributed by atoms with van der Waals surface area (Å²) in [6, 6.07) is 4.52. The molecule has 1 radical (unpaired) electrons. The highest BCUT2D eigenvalue weighted by atomic mass is 35.5. The Morgan fingerprint density at radius 1 is 1.26 bits per heavy atom. The summed E-state index contributed by atoms with van der Waals surface area (Å²) in [5.74, 6) is -1.26. The molecule has 19 heavy (non-hydrogen) atoms. The summed E-state index contributed by atoms with van der Waals surface area (Å²) in [7, 11) is 0. The van der Waals surface area contributed by atoms with E-state index in [9.17, 15) is 23.4 Å². The molecule has 7 heteroatoms. The van der Waals surface area contributed by atoms with Crippen LogP contribution in [0.3, 0.4) is 0 Å². The number of aromatic hydroxyl groups is 1. The number of hydrogen-bond acceptors (Lipinski definition) is 2. The Morgan fingerprint density at radius 2 is 1.95 bits per heavy atom. The van der Waals surface area contributed by atoms with Gasteiger partial charge in [0.1, 0.15) is 0 Å². The van der Waals surface area contributed by atoms with Gasteiger partial charge in [-0.25, -0.2) is 0 Å². The molecule has 1 aromatic heterocycles. The summed E-state index contributed by atoms with van der Waals surface area (Å²) >= 11 is 5.72. The standard InChI is InChI=1S/C12H6ClF3NO2/c13-8-4-6(12(14,15)16)5-17-10(8)7-2-1-3-9(18)11(7)19/h1-5,19H. The van der Waals surface area contributed by atoms with Gasteiger partial charge in [0, 0.05) is 11.8 Å². The number of rotatable bonds is 1. The third-order valence-corrected chi connectivity index (χ3v) is 2.71. The van der Waals surface area contributed by atoms with E-state index in [0.717, 1.165) is 6.07 Å². The summed E-state index contributed by atoms with van der Waals surface area (Å²) < 4.78 is 37.3. The molecule has 1 N–H and O–H groups in total. The number of hydrogen-bond donors (Lipinski definition) is 1. The summed E-state index contributed by atoms with van der Waals surface area (Å²) in [6.07, 6.45) is -3.96. The van der Waals surface area contributed by atoms with Crippen LogP contribution in [0.4, 0.5) is 13.2 Å². The molecule has 0 unspecified atom stereocenters. The Balaban J connectivity index is 2.56. The number of para-hydroxylation sites is 1. The Labute approximate surface area is 110 Å². The van der Waals surface area contributed by atoms with Crippen LogP contribution in [0.25, 0.3) is 11.3 Å². The summed E-state index contributed by atoms with van der Waals surface area (Å²) in [5, 5.41) is 20.5. The largest absolute Gasteiger partial charge is 0.504 e. The fourth-order valence-electron chi connectivity index (χ4n) is 1.50. The van der Waals surface area contributed by atoms with Gasteiger partial charge >= 0.3 is 6.18 Å². The molecule has 0 amide bonds. The maximum atomic E-state index is 12.4. The number of phenols is 1. The summed E-state index contributed by atoms with van der Waals surface area (Å²) in [5.41, 5.74) is -1.09. The van der Waals surface area contributed by atoms with E-state index in [1.165, 1.54) is 12.1 Å². The van der Waals surface area contributed by atoms with E-state index in [2.05, 4.69) is 4.98 Å². The average molecular weight is 289 g/mol. The predicted octanol–water partition coefficient (Wildman–Crippen LogP) is 4.27. The SMILES string of the molecule is [O]c1cccc(-c2ncc(C(F)(F)F)cc2Cl)c1O. The van der Waals surface area contributed by atoms with E-state index in [-0.39, 0.29) is 16.3 Å². The molecule has 0 saturated heterocycles. The second-order valence-electron chi connectivity index (χ2n) is 3.70. The van der Waals surface area contributed by atoms with Crippen molar-refractivity contribution in [1.82, 2.24) is 4.98 Å². The molecule has 0 atom stereocenters. The molecule has 1 aromatic carbocycles. The Hall–Kier alpha value is -1.95. The first-order chi connectivity index (χ1) is 8.80. The normalized spacial score (nSPS) is 11.6. The minimum absolute atomic E-state index is 0.00813. The quantitative estimate of drug-likeness (QED) is 0.852. The van der Waals surface area contributed by atoms with Crippen LogP contribution in [0.15, 0.2) is 30.5 Å². The van der Waals surface area contributed by atoms with E-state index in [0.29, 0.717) is 12.3 Å². The molecule has 0 bridgehead atoms. The Bertz CT molecular complexity index is 629. The highest BCUT2D eigenvalue weighted by Crippen LogP contribution is 2.40. The highest BCUT2D eigenvalue weighted by Gasteiger charge is 2.31. The molecular formula is C12H6ClF3NO2. The molecule has 0 spiro atoms. The molecule has 0 saturated carbocycles. The zero-order valence-electron chi connectivity index (χ0n) is 9.20. The van der Waals surface area contributed by atoms with E-state index in [1.54, 1.807) is 0 Å². The maximum Gasteiger partial charge on any atom is 0.417 e. The lowest BCUT2D eigenvalue weighted by Gasteiger charge is -2.10. The Kier molecular flexibility index (Phi) is 3.28. The van der Waals surface area contributed by atoms with Crippen LogP contribution in [-0.2, 0) is 11.3 Å². The van der Waals surface area contributed by atoms with Crippen LogP contribution in [0.2, 0.25) is 5.02 Å². The molecule has 1 heterocycles. The van der Waals surface area contributed by atoms with E-state index in [4.69, 9.17) is 11.6 Å². The van der Waals surface area contributed by atoms with Gasteiger partial charge in [-0.1, -0.05) is 17.7 Å². The van der Waals surface area contributed by atoms with Gasteiger partial charge in [0.2, 0.25) is 5.75 Å². The molecule has 0 aliphatic carbocycles. The number of aromatic nitrogens is 1. The van der Waals surface area contributed by atoms with Gasteiger partial charge in [-0.2, -0.15) is 13.2 Å². The third-order valence-electron chi connectivity index (χ3n) is 2.42. The van der Waals surface area contributed by atoms with Crippen LogP contribution in [0.5, 0.6) is 11.5 Å². The lowest BCUT2D eigenvalue weighted by Crippen LogP contribution is -2.05.